The summed E-state index contributed by atoms with van der Waals surface area (Å²) in [6, 6.07) is 6.68. The zero-order chi connectivity index (χ0) is 14.0. The number of halogens is 3. The van der Waals surface area contributed by atoms with Crippen molar-refractivity contribution in [1.82, 2.24) is 0 Å². The average molecular weight is 285 g/mol. The molecule has 2 nitrogen and oxygen atoms in total. The van der Waals surface area contributed by atoms with Crippen molar-refractivity contribution >= 4 is 16.8 Å². The summed E-state index contributed by atoms with van der Waals surface area (Å²) in [6.07, 6.45) is 1.41. The minimum absolute atomic E-state index is 0.0137. The predicted molar refractivity (Wildman–Crippen MR) is 67.0 cm³/mol. The first kappa shape index (κ1) is 13.7. The Morgan fingerprint density at radius 1 is 1.26 bits per heavy atom. The van der Waals surface area contributed by atoms with E-state index in [9.17, 15) is 13.6 Å². The van der Waals surface area contributed by atoms with Crippen molar-refractivity contribution in [2.45, 2.75) is 18.8 Å². The van der Waals surface area contributed by atoms with Crippen LogP contribution in [0.25, 0.3) is 0 Å². The Morgan fingerprint density at radius 3 is 2.37 bits per heavy atom. The third-order valence-electron chi connectivity index (χ3n) is 3.06. The van der Waals surface area contributed by atoms with Gasteiger partial charge in [0.1, 0.15) is 17.4 Å². The summed E-state index contributed by atoms with van der Waals surface area (Å²) in [7, 11) is 0. The standard InChI is InChI=1S/C14H11ClF2O2/c1-14(13(15)18,8-9-4-3-7-19-9)12-10(16)5-2-6-11(12)17/h2-7H,8H2,1H3. The van der Waals surface area contributed by atoms with Gasteiger partial charge in [-0.1, -0.05) is 6.07 Å². The van der Waals surface area contributed by atoms with Crippen LogP contribution in [0.4, 0.5) is 8.78 Å². The van der Waals surface area contributed by atoms with E-state index in [-0.39, 0.29) is 12.0 Å². The topological polar surface area (TPSA) is 30.2 Å². The summed E-state index contributed by atoms with van der Waals surface area (Å²) < 4.78 is 32.8. The van der Waals surface area contributed by atoms with Gasteiger partial charge in [0.15, 0.2) is 0 Å². The largest absolute Gasteiger partial charge is 0.469 e. The normalized spacial score (nSPS) is 14.1. The molecule has 0 aliphatic carbocycles. The summed E-state index contributed by atoms with van der Waals surface area (Å²) >= 11 is 5.57. The lowest BCUT2D eigenvalue weighted by atomic mass is 9.79. The molecule has 1 aromatic heterocycles. The maximum atomic E-state index is 13.9. The van der Waals surface area contributed by atoms with Crippen molar-refractivity contribution in [1.29, 1.82) is 0 Å². The summed E-state index contributed by atoms with van der Waals surface area (Å²) in [5.41, 5.74) is -1.86. The van der Waals surface area contributed by atoms with Crippen molar-refractivity contribution in [3.05, 3.63) is 59.6 Å². The fraction of sp³-hybridized carbons (Fsp3) is 0.214. The summed E-state index contributed by atoms with van der Waals surface area (Å²) in [5, 5.41) is -0.840. The highest BCUT2D eigenvalue weighted by atomic mass is 35.5. The highest BCUT2D eigenvalue weighted by molar-refractivity contribution is 6.65. The van der Waals surface area contributed by atoms with Crippen LogP contribution in [-0.2, 0) is 16.6 Å². The number of carbonyl (C=O) groups is 1. The summed E-state index contributed by atoms with van der Waals surface area (Å²) in [6.45, 7) is 1.40. The molecule has 0 amide bonds. The van der Waals surface area contributed by atoms with Crippen molar-refractivity contribution in [3.63, 3.8) is 0 Å². The van der Waals surface area contributed by atoms with Gasteiger partial charge in [-0.25, -0.2) is 8.78 Å². The van der Waals surface area contributed by atoms with Gasteiger partial charge < -0.3 is 4.42 Å². The van der Waals surface area contributed by atoms with Gasteiger partial charge in [0.2, 0.25) is 5.24 Å². The monoisotopic (exact) mass is 284 g/mol. The quantitative estimate of drug-likeness (QED) is 0.799. The van der Waals surface area contributed by atoms with Gasteiger partial charge in [-0.3, -0.25) is 4.79 Å². The van der Waals surface area contributed by atoms with Crippen LogP contribution >= 0.6 is 11.6 Å². The highest BCUT2D eigenvalue weighted by Crippen LogP contribution is 2.34. The van der Waals surface area contributed by atoms with Crippen LogP contribution in [-0.4, -0.2) is 5.24 Å². The smallest absolute Gasteiger partial charge is 0.232 e. The van der Waals surface area contributed by atoms with E-state index in [1.165, 1.54) is 19.3 Å². The molecule has 0 aliphatic heterocycles. The lowest BCUT2D eigenvalue weighted by molar-refractivity contribution is -0.116. The Morgan fingerprint density at radius 2 is 1.89 bits per heavy atom. The van der Waals surface area contributed by atoms with E-state index in [2.05, 4.69) is 0 Å². The second-order valence-electron chi connectivity index (χ2n) is 4.46. The van der Waals surface area contributed by atoms with Crippen molar-refractivity contribution in [3.8, 4) is 0 Å². The van der Waals surface area contributed by atoms with Crippen LogP contribution in [0.1, 0.15) is 18.2 Å². The van der Waals surface area contributed by atoms with E-state index < -0.39 is 22.3 Å². The molecule has 5 heteroatoms. The van der Waals surface area contributed by atoms with Gasteiger partial charge in [-0.05, 0) is 42.8 Å². The van der Waals surface area contributed by atoms with Crippen LogP contribution in [0.2, 0.25) is 0 Å². The zero-order valence-electron chi connectivity index (χ0n) is 10.1. The third-order valence-corrected chi connectivity index (χ3v) is 3.47. The minimum Gasteiger partial charge on any atom is -0.469 e. The van der Waals surface area contributed by atoms with E-state index in [1.54, 1.807) is 12.1 Å². The molecule has 0 aliphatic rings. The van der Waals surface area contributed by atoms with Gasteiger partial charge >= 0.3 is 0 Å². The first-order chi connectivity index (χ1) is 8.95. The number of benzene rings is 1. The van der Waals surface area contributed by atoms with E-state index in [4.69, 9.17) is 16.0 Å². The number of carbonyl (C=O) groups excluding carboxylic acids is 1. The molecule has 0 fully saturated rings. The van der Waals surface area contributed by atoms with Gasteiger partial charge in [0.25, 0.3) is 0 Å². The van der Waals surface area contributed by atoms with E-state index in [0.29, 0.717) is 5.76 Å². The number of hydrogen-bond donors (Lipinski definition) is 0. The SMILES string of the molecule is CC(Cc1ccco1)(C(=O)Cl)c1c(F)cccc1F. The molecular weight excluding hydrogens is 274 g/mol. The van der Waals surface area contributed by atoms with Crippen LogP contribution in [0.3, 0.4) is 0 Å². The first-order valence-electron chi connectivity index (χ1n) is 5.62. The summed E-state index contributed by atoms with van der Waals surface area (Å²) in [4.78, 5) is 11.7. The Hall–Kier alpha value is -1.68. The van der Waals surface area contributed by atoms with Crippen LogP contribution in [0, 0.1) is 11.6 Å². The molecule has 0 saturated carbocycles. The van der Waals surface area contributed by atoms with Crippen LogP contribution in [0.15, 0.2) is 41.0 Å². The molecule has 1 heterocycles. The fourth-order valence-corrected chi connectivity index (χ4v) is 2.20. The molecular formula is C14H11ClF2O2. The van der Waals surface area contributed by atoms with Gasteiger partial charge in [0.05, 0.1) is 11.7 Å². The molecule has 0 spiro atoms. The molecule has 0 N–H and O–H groups in total. The second-order valence-corrected chi connectivity index (χ2v) is 4.80. The molecule has 1 aromatic carbocycles. The van der Waals surface area contributed by atoms with E-state index in [0.717, 1.165) is 12.1 Å². The maximum Gasteiger partial charge on any atom is 0.232 e. The lowest BCUT2D eigenvalue weighted by Gasteiger charge is -2.25. The minimum atomic E-state index is -1.52. The molecule has 0 radical (unpaired) electrons. The zero-order valence-corrected chi connectivity index (χ0v) is 10.9. The van der Waals surface area contributed by atoms with Gasteiger partial charge in [0, 0.05) is 12.0 Å². The van der Waals surface area contributed by atoms with Crippen molar-refractivity contribution < 1.29 is 18.0 Å². The molecule has 2 rings (SSSR count). The van der Waals surface area contributed by atoms with E-state index >= 15 is 0 Å². The number of hydrogen-bond acceptors (Lipinski definition) is 2. The van der Waals surface area contributed by atoms with E-state index in [1.807, 2.05) is 0 Å². The summed E-state index contributed by atoms with van der Waals surface area (Å²) in [5.74, 6) is -1.18. The predicted octanol–water partition coefficient (Wildman–Crippen LogP) is 3.82. The average Bonchev–Trinajstić information content (AvgIpc) is 2.81. The molecule has 0 saturated heterocycles. The molecule has 1 unspecified atom stereocenters. The molecule has 1 atom stereocenters. The third kappa shape index (κ3) is 2.54. The van der Waals surface area contributed by atoms with Crippen molar-refractivity contribution in [2.75, 3.05) is 0 Å². The molecule has 100 valence electrons. The van der Waals surface area contributed by atoms with Crippen LogP contribution < -0.4 is 0 Å². The second kappa shape index (κ2) is 5.13. The Balaban J connectivity index is 2.53. The molecule has 0 bridgehead atoms. The Bertz CT molecular complexity index is 575. The fourth-order valence-electron chi connectivity index (χ4n) is 2.04. The first-order valence-corrected chi connectivity index (χ1v) is 6.00. The van der Waals surface area contributed by atoms with Gasteiger partial charge in [-0.15, -0.1) is 0 Å². The van der Waals surface area contributed by atoms with Gasteiger partial charge in [-0.2, -0.15) is 0 Å². The highest BCUT2D eigenvalue weighted by Gasteiger charge is 2.39. The number of rotatable bonds is 4. The van der Waals surface area contributed by atoms with Crippen LogP contribution in [0.5, 0.6) is 0 Å². The maximum absolute atomic E-state index is 13.9. The van der Waals surface area contributed by atoms with Crippen molar-refractivity contribution in [2.24, 2.45) is 0 Å². The number of furan rings is 1. The molecule has 19 heavy (non-hydrogen) atoms. The molecule has 2 aromatic rings. The lowest BCUT2D eigenvalue weighted by Crippen LogP contribution is -2.34. The Labute approximate surface area is 114 Å². The Kier molecular flexibility index (Phi) is 3.71.